The molecule has 2 amide bonds. The van der Waals surface area contributed by atoms with Crippen LogP contribution < -0.4 is 16.4 Å². The van der Waals surface area contributed by atoms with Crippen LogP contribution in [-0.2, 0) is 17.5 Å². The summed E-state index contributed by atoms with van der Waals surface area (Å²) >= 11 is 0. The Labute approximate surface area is 252 Å². The lowest BCUT2D eigenvalue weighted by Crippen LogP contribution is -2.37. The van der Waals surface area contributed by atoms with Gasteiger partial charge in [0.1, 0.15) is 17.3 Å². The molecule has 1 fully saturated rings. The third-order valence-corrected chi connectivity index (χ3v) is 7.56. The van der Waals surface area contributed by atoms with Crippen molar-refractivity contribution in [2.75, 3.05) is 30.7 Å². The average Bonchev–Trinajstić information content (AvgIpc) is 3.37. The number of pyridine rings is 2. The van der Waals surface area contributed by atoms with E-state index in [1.165, 1.54) is 6.42 Å². The number of aryl methyl sites for hydroxylation is 1. The average molecular weight is 607 g/mol. The SMILES string of the molecule is C[C@H](CCn1nc(-c2ccc(C(=O)Nc3cc(C(F)(F)F)ccn3)cc2)c2c(N)ncc(/C=C/CCN3CCC3)c21)NC=O. The maximum atomic E-state index is 13.1. The highest BCUT2D eigenvalue weighted by Gasteiger charge is 2.31. The van der Waals surface area contributed by atoms with Gasteiger partial charge in [0, 0.05) is 48.2 Å². The number of nitrogens with one attached hydrogen (secondary N) is 2. The smallest absolute Gasteiger partial charge is 0.383 e. The molecule has 1 aromatic carbocycles. The molecular weight excluding hydrogens is 573 g/mol. The molecule has 4 aromatic rings. The number of halogens is 3. The minimum atomic E-state index is -4.56. The Morgan fingerprint density at radius 2 is 1.91 bits per heavy atom. The van der Waals surface area contributed by atoms with E-state index in [4.69, 9.17) is 10.8 Å². The van der Waals surface area contributed by atoms with E-state index in [1.54, 1.807) is 30.5 Å². The number of likely N-dealkylation sites (tertiary alicyclic amines) is 1. The van der Waals surface area contributed by atoms with Crippen LogP contribution in [0.1, 0.15) is 47.7 Å². The largest absolute Gasteiger partial charge is 0.416 e. The first-order valence-electron chi connectivity index (χ1n) is 14.3. The molecule has 1 saturated heterocycles. The van der Waals surface area contributed by atoms with E-state index >= 15 is 0 Å². The summed E-state index contributed by atoms with van der Waals surface area (Å²) in [6.07, 6.45) is 5.74. The number of benzene rings is 1. The fraction of sp³-hybridized carbons (Fsp3) is 0.323. The predicted molar refractivity (Wildman–Crippen MR) is 163 cm³/mol. The number of carbonyl (C=O) groups is 2. The van der Waals surface area contributed by atoms with Crippen LogP contribution in [-0.4, -0.2) is 62.6 Å². The summed E-state index contributed by atoms with van der Waals surface area (Å²) in [5, 5.41) is 10.7. The van der Waals surface area contributed by atoms with E-state index in [0.29, 0.717) is 41.8 Å². The number of nitrogen functional groups attached to an aromatic ring is 1. The van der Waals surface area contributed by atoms with Crippen LogP contribution in [0, 0.1) is 0 Å². The van der Waals surface area contributed by atoms with E-state index in [-0.39, 0.29) is 17.4 Å². The zero-order chi connectivity index (χ0) is 31.3. The standard InChI is InChI=1S/C31H33F3N8O2/c1-20(38-19-43)11-16-42-28-23(5-2-3-13-41-14-4-15-41)18-37-29(35)26(28)27(40-42)21-6-8-22(9-7-21)30(44)39-25-17-24(10-12-36-25)31(32,33)34/h2,5-10,12,17-20H,3-4,11,13-16H2,1H3,(H2,35,37)(H,38,43)(H,36,39,44)/b5-2+/t20-/m1/s1. The minimum Gasteiger partial charge on any atom is -0.383 e. The van der Waals surface area contributed by atoms with E-state index in [1.807, 2.05) is 17.7 Å². The number of fused-ring (bicyclic) bond motifs is 1. The summed E-state index contributed by atoms with van der Waals surface area (Å²) in [5.74, 6) is -0.515. The van der Waals surface area contributed by atoms with Crippen molar-refractivity contribution in [3.05, 3.63) is 71.6 Å². The van der Waals surface area contributed by atoms with Crippen molar-refractivity contribution in [3.63, 3.8) is 0 Å². The number of aromatic nitrogens is 4. The van der Waals surface area contributed by atoms with Gasteiger partial charge in [0.15, 0.2) is 0 Å². The van der Waals surface area contributed by atoms with Crippen LogP contribution in [0.5, 0.6) is 0 Å². The van der Waals surface area contributed by atoms with E-state index in [2.05, 4.69) is 31.6 Å². The van der Waals surface area contributed by atoms with Gasteiger partial charge in [-0.15, -0.1) is 0 Å². The van der Waals surface area contributed by atoms with Gasteiger partial charge < -0.3 is 21.3 Å². The molecule has 4 heterocycles. The van der Waals surface area contributed by atoms with E-state index < -0.39 is 17.6 Å². The second kappa shape index (κ2) is 13.2. The number of hydrogen-bond donors (Lipinski definition) is 3. The Morgan fingerprint density at radius 3 is 2.59 bits per heavy atom. The van der Waals surface area contributed by atoms with Gasteiger partial charge in [-0.25, -0.2) is 9.97 Å². The van der Waals surface area contributed by atoms with Crippen LogP contribution in [0.15, 0.2) is 54.9 Å². The number of alkyl halides is 3. The Kier molecular flexibility index (Phi) is 9.23. The zero-order valence-corrected chi connectivity index (χ0v) is 24.1. The molecule has 0 spiro atoms. The predicted octanol–water partition coefficient (Wildman–Crippen LogP) is 4.98. The summed E-state index contributed by atoms with van der Waals surface area (Å²) in [5.41, 5.74) is 8.63. The highest BCUT2D eigenvalue weighted by atomic mass is 19.4. The number of nitrogens with zero attached hydrogens (tertiary/aromatic N) is 5. The van der Waals surface area contributed by atoms with Crippen molar-refractivity contribution >= 4 is 40.9 Å². The van der Waals surface area contributed by atoms with Crippen LogP contribution >= 0.6 is 0 Å². The first-order valence-corrected chi connectivity index (χ1v) is 14.3. The summed E-state index contributed by atoms with van der Waals surface area (Å²) in [4.78, 5) is 34.4. The van der Waals surface area contributed by atoms with Crippen molar-refractivity contribution in [2.24, 2.45) is 0 Å². The molecule has 3 aromatic heterocycles. The Hall–Kier alpha value is -4.78. The number of nitrogens with two attached hydrogens (primary N) is 1. The van der Waals surface area contributed by atoms with Gasteiger partial charge in [0.25, 0.3) is 5.91 Å². The summed E-state index contributed by atoms with van der Waals surface area (Å²) < 4.78 is 41.0. The molecule has 10 nitrogen and oxygen atoms in total. The molecule has 44 heavy (non-hydrogen) atoms. The highest BCUT2D eigenvalue weighted by Crippen LogP contribution is 2.34. The monoisotopic (exact) mass is 606 g/mol. The van der Waals surface area contributed by atoms with Gasteiger partial charge in [-0.2, -0.15) is 18.3 Å². The molecule has 0 aliphatic carbocycles. The molecule has 0 unspecified atom stereocenters. The number of rotatable bonds is 12. The highest BCUT2D eigenvalue weighted by molar-refractivity contribution is 6.06. The maximum Gasteiger partial charge on any atom is 0.416 e. The number of amides is 2. The van der Waals surface area contributed by atoms with Gasteiger partial charge in [0.05, 0.1) is 16.5 Å². The number of anilines is 2. The van der Waals surface area contributed by atoms with Crippen LogP contribution in [0.25, 0.3) is 28.2 Å². The molecule has 230 valence electrons. The summed E-state index contributed by atoms with van der Waals surface area (Å²) in [6, 6.07) is 8.06. The van der Waals surface area contributed by atoms with Crippen LogP contribution in [0.4, 0.5) is 24.8 Å². The Balaban J connectivity index is 1.43. The van der Waals surface area contributed by atoms with Crippen molar-refractivity contribution in [1.82, 2.24) is 30.0 Å². The molecule has 0 bridgehead atoms. The molecule has 0 radical (unpaired) electrons. The maximum absolute atomic E-state index is 13.1. The Bertz CT molecular complexity index is 1660. The summed E-state index contributed by atoms with van der Waals surface area (Å²) in [6.45, 7) is 5.67. The van der Waals surface area contributed by atoms with Gasteiger partial charge in [-0.3, -0.25) is 14.3 Å². The fourth-order valence-corrected chi connectivity index (χ4v) is 4.98. The van der Waals surface area contributed by atoms with E-state index in [0.717, 1.165) is 55.5 Å². The lowest BCUT2D eigenvalue weighted by Gasteiger charge is -2.30. The quantitative estimate of drug-likeness (QED) is 0.194. The second-order valence-corrected chi connectivity index (χ2v) is 10.7. The van der Waals surface area contributed by atoms with Gasteiger partial charge in [0.2, 0.25) is 6.41 Å². The lowest BCUT2D eigenvalue weighted by molar-refractivity contribution is -0.137. The third-order valence-electron chi connectivity index (χ3n) is 7.56. The fourth-order valence-electron chi connectivity index (χ4n) is 4.98. The Morgan fingerprint density at radius 1 is 1.14 bits per heavy atom. The molecule has 1 atom stereocenters. The van der Waals surface area contributed by atoms with Crippen molar-refractivity contribution in [1.29, 1.82) is 0 Å². The van der Waals surface area contributed by atoms with Crippen molar-refractivity contribution in [3.8, 4) is 11.3 Å². The molecule has 1 aliphatic heterocycles. The molecular formula is C31H33F3N8O2. The first kappa shape index (κ1) is 30.7. The van der Waals surface area contributed by atoms with Crippen molar-refractivity contribution < 1.29 is 22.8 Å². The van der Waals surface area contributed by atoms with Gasteiger partial charge >= 0.3 is 6.18 Å². The number of carbonyl (C=O) groups excluding carboxylic acids is 2. The van der Waals surface area contributed by atoms with Crippen LogP contribution in [0.2, 0.25) is 0 Å². The second-order valence-electron chi connectivity index (χ2n) is 10.7. The zero-order valence-electron chi connectivity index (χ0n) is 24.1. The molecule has 5 rings (SSSR count). The molecule has 1 aliphatic rings. The number of hydrogen-bond acceptors (Lipinski definition) is 7. The van der Waals surface area contributed by atoms with Gasteiger partial charge in [-0.05, 0) is 63.5 Å². The lowest BCUT2D eigenvalue weighted by atomic mass is 10.0. The van der Waals surface area contributed by atoms with Crippen LogP contribution in [0.3, 0.4) is 0 Å². The third kappa shape index (κ3) is 7.05. The molecule has 0 saturated carbocycles. The van der Waals surface area contributed by atoms with Crippen molar-refractivity contribution in [2.45, 2.75) is 44.9 Å². The first-order chi connectivity index (χ1) is 21.1. The molecule has 13 heteroatoms. The minimum absolute atomic E-state index is 0.0750. The molecule has 4 N–H and O–H groups in total. The van der Waals surface area contributed by atoms with E-state index in [9.17, 15) is 22.8 Å². The topological polar surface area (TPSA) is 131 Å². The normalized spacial score (nSPS) is 14.5. The summed E-state index contributed by atoms with van der Waals surface area (Å²) in [7, 11) is 0. The van der Waals surface area contributed by atoms with Gasteiger partial charge in [-0.1, -0.05) is 24.3 Å².